The predicted octanol–water partition coefficient (Wildman–Crippen LogP) is 3.35. The van der Waals surface area contributed by atoms with Crippen molar-refractivity contribution in [2.45, 2.75) is 56.6 Å². The molecule has 0 radical (unpaired) electrons. The molecule has 1 spiro atoms. The molecule has 3 fully saturated rings. The van der Waals surface area contributed by atoms with Gasteiger partial charge in [0.05, 0.1) is 0 Å². The number of nitrogens with one attached hydrogen (secondary N) is 1. The van der Waals surface area contributed by atoms with Gasteiger partial charge in [0.1, 0.15) is 0 Å². The van der Waals surface area contributed by atoms with E-state index in [1.54, 1.807) is 0 Å². The molecule has 0 aromatic carbocycles. The van der Waals surface area contributed by atoms with E-state index in [2.05, 4.69) is 45.7 Å². The highest BCUT2D eigenvalue weighted by molar-refractivity contribution is 14.0. The maximum Gasteiger partial charge on any atom is 0.193 e. The van der Waals surface area contributed by atoms with Crippen LogP contribution in [0.3, 0.4) is 0 Å². The van der Waals surface area contributed by atoms with E-state index in [9.17, 15) is 0 Å². The molecule has 1 N–H and O–H groups in total. The van der Waals surface area contributed by atoms with Gasteiger partial charge in [0.15, 0.2) is 5.96 Å². The van der Waals surface area contributed by atoms with E-state index in [1.165, 1.54) is 95.9 Å². The number of hydrogen-bond donors (Lipinski definition) is 1. The van der Waals surface area contributed by atoms with Gasteiger partial charge in [-0.05, 0) is 59.3 Å². The first-order valence-electron chi connectivity index (χ1n) is 11.3. The Morgan fingerprint density at radius 3 is 2.64 bits per heavy atom. The van der Waals surface area contributed by atoms with Gasteiger partial charge < -0.3 is 20.0 Å². The van der Waals surface area contributed by atoms with Crippen LogP contribution in [-0.4, -0.2) is 97.1 Å². The Bertz CT molecular complexity index is 464. The van der Waals surface area contributed by atoms with Gasteiger partial charge in [-0.3, -0.25) is 4.99 Å². The molecule has 1 saturated carbocycles. The highest BCUT2D eigenvalue weighted by Crippen LogP contribution is 2.42. The maximum absolute atomic E-state index is 5.02. The van der Waals surface area contributed by atoms with E-state index < -0.39 is 0 Å². The topological polar surface area (TPSA) is 34.1 Å². The van der Waals surface area contributed by atoms with Gasteiger partial charge in [0, 0.05) is 49.8 Å². The van der Waals surface area contributed by atoms with Crippen LogP contribution in [0.4, 0.5) is 0 Å². The molecule has 0 aromatic heterocycles. The number of guanidine groups is 1. The maximum atomic E-state index is 5.02. The average molecular weight is 524 g/mol. The Morgan fingerprint density at radius 1 is 1.04 bits per heavy atom. The zero-order chi connectivity index (χ0) is 19.0. The number of thioether (sulfide) groups is 1. The molecule has 3 rings (SSSR count). The normalized spacial score (nSPS) is 24.6. The van der Waals surface area contributed by atoms with E-state index in [-0.39, 0.29) is 24.0 Å². The molecule has 2 aliphatic heterocycles. The largest absolute Gasteiger partial charge is 0.357 e. The van der Waals surface area contributed by atoms with Crippen LogP contribution >= 0.6 is 35.7 Å². The molecule has 2 heterocycles. The van der Waals surface area contributed by atoms with Crippen molar-refractivity contribution in [1.82, 2.24) is 20.0 Å². The van der Waals surface area contributed by atoms with E-state index in [0.717, 1.165) is 19.6 Å². The molecule has 28 heavy (non-hydrogen) atoms. The SMILES string of the molecule is CCNC(=NCCCN1CCCN(C)CC1)N1CCSC2(CCCCC2)C1.I. The smallest absolute Gasteiger partial charge is 0.193 e. The second-order valence-corrected chi connectivity index (χ2v) is 10.2. The quantitative estimate of drug-likeness (QED) is 0.259. The fourth-order valence-electron chi connectivity index (χ4n) is 4.75. The Labute approximate surface area is 194 Å². The fourth-order valence-corrected chi connectivity index (χ4v) is 6.32. The van der Waals surface area contributed by atoms with Crippen molar-refractivity contribution in [3.05, 3.63) is 0 Å². The van der Waals surface area contributed by atoms with Gasteiger partial charge in [-0.1, -0.05) is 19.3 Å². The summed E-state index contributed by atoms with van der Waals surface area (Å²) in [6, 6.07) is 0. The summed E-state index contributed by atoms with van der Waals surface area (Å²) in [5.41, 5.74) is 0. The Kier molecular flexibility index (Phi) is 11.3. The molecular weight excluding hydrogens is 481 g/mol. The van der Waals surface area contributed by atoms with Gasteiger partial charge in [-0.25, -0.2) is 0 Å². The number of likely N-dealkylation sites (N-methyl/N-ethyl adjacent to an activating group) is 1. The lowest BCUT2D eigenvalue weighted by Gasteiger charge is -2.45. The monoisotopic (exact) mass is 523 g/mol. The van der Waals surface area contributed by atoms with Crippen LogP contribution < -0.4 is 5.32 Å². The van der Waals surface area contributed by atoms with E-state index in [0.29, 0.717) is 4.75 Å². The van der Waals surface area contributed by atoms with E-state index >= 15 is 0 Å². The van der Waals surface area contributed by atoms with Crippen LogP contribution in [0.2, 0.25) is 0 Å². The predicted molar refractivity (Wildman–Crippen MR) is 134 cm³/mol. The highest BCUT2D eigenvalue weighted by Gasteiger charge is 2.38. The summed E-state index contributed by atoms with van der Waals surface area (Å²) in [6.07, 6.45) is 9.54. The van der Waals surface area contributed by atoms with Crippen molar-refractivity contribution in [3.8, 4) is 0 Å². The van der Waals surface area contributed by atoms with Crippen molar-refractivity contribution >= 4 is 41.7 Å². The van der Waals surface area contributed by atoms with Crippen LogP contribution in [0.15, 0.2) is 4.99 Å². The molecule has 3 aliphatic rings. The summed E-state index contributed by atoms with van der Waals surface area (Å²) in [5, 5.41) is 3.57. The fraction of sp³-hybridized carbons (Fsp3) is 0.952. The van der Waals surface area contributed by atoms with Crippen molar-refractivity contribution in [2.75, 3.05) is 71.7 Å². The number of nitrogens with zero attached hydrogens (tertiary/aromatic N) is 4. The molecule has 0 unspecified atom stereocenters. The lowest BCUT2D eigenvalue weighted by molar-refractivity contribution is 0.274. The van der Waals surface area contributed by atoms with Crippen LogP contribution in [0.5, 0.6) is 0 Å². The van der Waals surface area contributed by atoms with Crippen molar-refractivity contribution < 1.29 is 0 Å². The third-order valence-corrected chi connectivity index (χ3v) is 7.89. The molecule has 0 atom stereocenters. The zero-order valence-electron chi connectivity index (χ0n) is 18.1. The number of hydrogen-bond acceptors (Lipinski definition) is 4. The Balaban J connectivity index is 0.00000280. The Morgan fingerprint density at radius 2 is 1.86 bits per heavy atom. The summed E-state index contributed by atoms with van der Waals surface area (Å²) in [5.74, 6) is 2.42. The van der Waals surface area contributed by atoms with E-state index in [1.807, 2.05) is 0 Å². The number of halogens is 1. The molecule has 5 nitrogen and oxygen atoms in total. The van der Waals surface area contributed by atoms with E-state index in [4.69, 9.17) is 4.99 Å². The minimum absolute atomic E-state index is 0. The van der Waals surface area contributed by atoms with Crippen LogP contribution in [0.25, 0.3) is 0 Å². The zero-order valence-corrected chi connectivity index (χ0v) is 21.3. The van der Waals surface area contributed by atoms with Crippen LogP contribution in [-0.2, 0) is 0 Å². The summed E-state index contributed by atoms with van der Waals surface area (Å²) in [7, 11) is 2.24. The molecule has 2 saturated heterocycles. The number of rotatable bonds is 5. The first-order valence-corrected chi connectivity index (χ1v) is 12.3. The summed E-state index contributed by atoms with van der Waals surface area (Å²) < 4.78 is 0.505. The third-order valence-electron chi connectivity index (χ3n) is 6.35. The summed E-state index contributed by atoms with van der Waals surface area (Å²) >= 11 is 2.24. The van der Waals surface area contributed by atoms with Crippen LogP contribution in [0.1, 0.15) is 51.9 Å². The lowest BCUT2D eigenvalue weighted by atomic mass is 9.87. The first kappa shape index (κ1) is 24.5. The van der Waals surface area contributed by atoms with Crippen molar-refractivity contribution in [1.29, 1.82) is 0 Å². The van der Waals surface area contributed by atoms with Gasteiger partial charge in [-0.2, -0.15) is 11.8 Å². The van der Waals surface area contributed by atoms with Crippen molar-refractivity contribution in [2.24, 2.45) is 4.99 Å². The second-order valence-electron chi connectivity index (χ2n) is 8.60. The standard InChI is InChI=1S/C21H41N5S.HI/c1-3-22-20(23-11-7-13-25-14-8-12-24(2)15-16-25)26-17-18-27-21(19-26)9-5-4-6-10-21;/h3-19H2,1-2H3,(H,22,23);1H. The first-order chi connectivity index (χ1) is 13.2. The molecule has 164 valence electrons. The minimum atomic E-state index is 0. The van der Waals surface area contributed by atoms with Gasteiger partial charge >= 0.3 is 0 Å². The molecule has 0 aromatic rings. The van der Waals surface area contributed by atoms with Gasteiger partial charge in [-0.15, -0.1) is 24.0 Å². The van der Waals surface area contributed by atoms with Crippen LogP contribution in [0, 0.1) is 0 Å². The molecule has 7 heteroatoms. The number of aliphatic imine (C=N–C) groups is 1. The lowest BCUT2D eigenvalue weighted by Crippen LogP contribution is -2.53. The average Bonchev–Trinajstić information content (AvgIpc) is 2.89. The molecule has 0 amide bonds. The molecule has 1 aliphatic carbocycles. The Hall–Kier alpha value is 0.270. The minimum Gasteiger partial charge on any atom is -0.357 e. The van der Waals surface area contributed by atoms with Gasteiger partial charge in [0.25, 0.3) is 0 Å². The summed E-state index contributed by atoms with van der Waals surface area (Å²) in [6.45, 7) is 12.6. The third kappa shape index (κ3) is 7.51. The highest BCUT2D eigenvalue weighted by atomic mass is 127. The van der Waals surface area contributed by atoms with Gasteiger partial charge in [0.2, 0.25) is 0 Å². The summed E-state index contributed by atoms with van der Waals surface area (Å²) in [4.78, 5) is 12.7. The molecule has 0 bridgehead atoms. The second kappa shape index (κ2) is 12.8. The molecular formula is C21H42IN5S. The van der Waals surface area contributed by atoms with Crippen molar-refractivity contribution in [3.63, 3.8) is 0 Å².